The van der Waals surface area contributed by atoms with Crippen LogP contribution in [-0.2, 0) is 27.9 Å². The van der Waals surface area contributed by atoms with Gasteiger partial charge in [0.25, 0.3) is 0 Å². The molecule has 8 nitrogen and oxygen atoms in total. The summed E-state index contributed by atoms with van der Waals surface area (Å²) in [6.45, 7) is 4.05. The molecule has 0 aromatic rings. The summed E-state index contributed by atoms with van der Waals surface area (Å²) >= 11 is 0. The molecule has 0 saturated heterocycles. The van der Waals surface area contributed by atoms with Gasteiger partial charge in [0.1, 0.15) is 6.61 Å². The zero-order chi connectivity index (χ0) is 38.1. The quantitative estimate of drug-likeness (QED) is 0.0211. The zero-order valence-corrected chi connectivity index (χ0v) is 33.9. The van der Waals surface area contributed by atoms with E-state index >= 15 is 0 Å². The monoisotopic (exact) mass is 750 g/mol. The summed E-state index contributed by atoms with van der Waals surface area (Å²) in [7, 11) is -4.28. The molecule has 0 aromatic carbocycles. The highest BCUT2D eigenvalue weighted by Gasteiger charge is 2.24. The Morgan fingerprint density at radius 2 is 1.10 bits per heavy atom. The Morgan fingerprint density at radius 1 is 0.615 bits per heavy atom. The summed E-state index contributed by atoms with van der Waals surface area (Å²) < 4.78 is 33.1. The van der Waals surface area contributed by atoms with Crippen LogP contribution >= 0.6 is 7.82 Å². The first kappa shape index (κ1) is 49.8. The van der Waals surface area contributed by atoms with Gasteiger partial charge in [-0.05, 0) is 70.3 Å². The van der Waals surface area contributed by atoms with Crippen molar-refractivity contribution in [1.29, 1.82) is 0 Å². The molecule has 0 spiro atoms. The molecule has 0 bridgehead atoms. The SMILES string of the molecule is CCC=CCC=CCC=CCC=CCC=CCCCCCC(=O)OC[C@H](COP(=O)(O)OCCN)OC=CCCCCCCCCCCCCCC. The lowest BCUT2D eigenvalue weighted by molar-refractivity contribution is -0.147. The number of rotatable bonds is 38. The van der Waals surface area contributed by atoms with Crippen molar-refractivity contribution in [3.8, 4) is 0 Å². The van der Waals surface area contributed by atoms with Crippen LogP contribution in [0.1, 0.15) is 162 Å². The van der Waals surface area contributed by atoms with Crippen LogP contribution < -0.4 is 5.73 Å². The molecule has 0 heterocycles. The highest BCUT2D eigenvalue weighted by Crippen LogP contribution is 2.43. The van der Waals surface area contributed by atoms with Gasteiger partial charge in [-0.3, -0.25) is 13.8 Å². The lowest BCUT2D eigenvalue weighted by atomic mass is 10.0. The zero-order valence-electron chi connectivity index (χ0n) is 33.0. The van der Waals surface area contributed by atoms with E-state index in [9.17, 15) is 14.3 Å². The van der Waals surface area contributed by atoms with Crippen LogP contribution in [0.15, 0.2) is 73.1 Å². The van der Waals surface area contributed by atoms with Crippen LogP contribution in [0, 0.1) is 0 Å². The third kappa shape index (κ3) is 39.0. The fourth-order valence-electron chi connectivity index (χ4n) is 5.18. The van der Waals surface area contributed by atoms with E-state index in [0.29, 0.717) is 6.42 Å². The number of phosphoric ester groups is 1. The van der Waals surface area contributed by atoms with Crippen LogP contribution in [0.5, 0.6) is 0 Å². The third-order valence-corrected chi connectivity index (χ3v) is 9.21. The van der Waals surface area contributed by atoms with Crippen molar-refractivity contribution in [2.75, 3.05) is 26.4 Å². The molecule has 0 aliphatic rings. The summed E-state index contributed by atoms with van der Waals surface area (Å²) in [5.74, 6) is -0.324. The van der Waals surface area contributed by atoms with Gasteiger partial charge in [-0.2, -0.15) is 0 Å². The van der Waals surface area contributed by atoms with Crippen molar-refractivity contribution < 1.29 is 32.8 Å². The van der Waals surface area contributed by atoms with Gasteiger partial charge in [0, 0.05) is 13.0 Å². The molecule has 0 amide bonds. The number of hydrogen-bond acceptors (Lipinski definition) is 7. The molecule has 1 unspecified atom stereocenters. The smallest absolute Gasteiger partial charge is 0.472 e. The van der Waals surface area contributed by atoms with Crippen LogP contribution in [-0.4, -0.2) is 43.3 Å². The number of carbonyl (C=O) groups is 1. The fraction of sp³-hybridized carbons (Fsp3) is 0.698. The van der Waals surface area contributed by atoms with Gasteiger partial charge in [0.2, 0.25) is 0 Å². The highest BCUT2D eigenvalue weighted by molar-refractivity contribution is 7.47. The van der Waals surface area contributed by atoms with E-state index in [2.05, 4.69) is 74.6 Å². The summed E-state index contributed by atoms with van der Waals surface area (Å²) in [6.07, 6.45) is 50.2. The molecule has 3 N–H and O–H groups in total. The van der Waals surface area contributed by atoms with Crippen molar-refractivity contribution >= 4 is 13.8 Å². The molecule has 0 aromatic heterocycles. The van der Waals surface area contributed by atoms with Gasteiger partial charge in [-0.15, -0.1) is 0 Å². The van der Waals surface area contributed by atoms with E-state index in [1.165, 1.54) is 70.6 Å². The van der Waals surface area contributed by atoms with Gasteiger partial charge in [-0.25, -0.2) is 4.57 Å². The maximum atomic E-state index is 12.4. The first-order valence-electron chi connectivity index (χ1n) is 20.5. The van der Waals surface area contributed by atoms with Crippen molar-refractivity contribution in [3.05, 3.63) is 73.1 Å². The topological polar surface area (TPSA) is 117 Å². The molecule has 9 heteroatoms. The molecule has 0 radical (unpaired) electrons. The number of ether oxygens (including phenoxy) is 2. The minimum absolute atomic E-state index is 0.0846. The van der Waals surface area contributed by atoms with Gasteiger partial charge in [0.15, 0.2) is 6.10 Å². The molecule has 2 atom stereocenters. The predicted molar refractivity (Wildman–Crippen MR) is 219 cm³/mol. The summed E-state index contributed by atoms with van der Waals surface area (Å²) in [5, 5.41) is 0. The summed E-state index contributed by atoms with van der Waals surface area (Å²) in [4.78, 5) is 22.2. The fourth-order valence-corrected chi connectivity index (χ4v) is 5.95. The number of carbonyl (C=O) groups excluding carboxylic acids is 1. The molecule has 0 aliphatic carbocycles. The van der Waals surface area contributed by atoms with E-state index < -0.39 is 13.9 Å². The number of hydrogen-bond donors (Lipinski definition) is 2. The minimum atomic E-state index is -4.28. The van der Waals surface area contributed by atoms with Crippen molar-refractivity contribution in [2.24, 2.45) is 5.73 Å². The Balaban J connectivity index is 4.18. The standard InChI is InChI=1S/C43H76NO7P/c1-3-5-7-9-11-13-15-17-19-20-21-22-23-24-26-28-30-32-34-36-43(45)49-40-42(41-51-52(46,47)50-39-37-44)48-38-35-33-31-29-27-25-18-16-14-12-10-8-6-4-2/h5,7,11,13,17,19,21-22,24,26,35,38,42H,3-4,6,8-10,12,14-16,18,20,23,25,27-34,36-37,39-41,44H2,1-2H3,(H,46,47)/t42-/m1/s1. The van der Waals surface area contributed by atoms with E-state index in [1.54, 1.807) is 6.26 Å². The maximum Gasteiger partial charge on any atom is 0.472 e. The van der Waals surface area contributed by atoms with Gasteiger partial charge >= 0.3 is 13.8 Å². The number of nitrogens with two attached hydrogens (primary N) is 1. The Morgan fingerprint density at radius 3 is 1.63 bits per heavy atom. The first-order chi connectivity index (χ1) is 25.4. The van der Waals surface area contributed by atoms with Gasteiger partial charge < -0.3 is 20.1 Å². The molecule has 0 aliphatic heterocycles. The number of allylic oxidation sites excluding steroid dienone is 11. The summed E-state index contributed by atoms with van der Waals surface area (Å²) in [5.41, 5.74) is 5.35. The number of phosphoric acid groups is 1. The lowest BCUT2D eigenvalue weighted by Crippen LogP contribution is -2.25. The normalized spacial score (nSPS) is 14.2. The Bertz CT molecular complexity index is 1020. The second kappa shape index (κ2) is 40.0. The van der Waals surface area contributed by atoms with Gasteiger partial charge in [0.05, 0.1) is 19.5 Å². The molecule has 52 heavy (non-hydrogen) atoms. The number of unbranched alkanes of at least 4 members (excludes halogenated alkanes) is 15. The minimum Gasteiger partial charge on any atom is -0.492 e. The lowest BCUT2D eigenvalue weighted by Gasteiger charge is -2.19. The molecule has 300 valence electrons. The second-order valence-electron chi connectivity index (χ2n) is 13.2. The van der Waals surface area contributed by atoms with Crippen LogP contribution in [0.2, 0.25) is 0 Å². The van der Waals surface area contributed by atoms with Crippen LogP contribution in [0.3, 0.4) is 0 Å². The number of esters is 1. The second-order valence-corrected chi connectivity index (χ2v) is 14.6. The van der Waals surface area contributed by atoms with E-state index in [4.69, 9.17) is 24.3 Å². The molecular weight excluding hydrogens is 673 g/mol. The average molecular weight is 750 g/mol. The average Bonchev–Trinajstić information content (AvgIpc) is 3.14. The maximum absolute atomic E-state index is 12.4. The Labute approximate surface area is 318 Å². The van der Waals surface area contributed by atoms with Gasteiger partial charge in [-0.1, -0.05) is 152 Å². The highest BCUT2D eigenvalue weighted by atomic mass is 31.2. The van der Waals surface area contributed by atoms with E-state index in [1.807, 2.05) is 6.08 Å². The molecule has 0 rings (SSSR count). The van der Waals surface area contributed by atoms with E-state index in [0.717, 1.165) is 70.6 Å². The molecular formula is C43H76NO7P. The Kier molecular flexibility index (Phi) is 38.3. The van der Waals surface area contributed by atoms with Crippen LogP contribution in [0.4, 0.5) is 0 Å². The summed E-state index contributed by atoms with van der Waals surface area (Å²) in [6, 6.07) is 0. The molecule has 0 saturated carbocycles. The third-order valence-electron chi connectivity index (χ3n) is 8.23. The molecule has 0 fully saturated rings. The van der Waals surface area contributed by atoms with E-state index in [-0.39, 0.29) is 32.3 Å². The van der Waals surface area contributed by atoms with Crippen LogP contribution in [0.25, 0.3) is 0 Å². The van der Waals surface area contributed by atoms with Crippen molar-refractivity contribution in [2.45, 2.75) is 168 Å². The first-order valence-corrected chi connectivity index (χ1v) is 22.0. The Hall–Kier alpha value is -2.22. The van der Waals surface area contributed by atoms with Crippen molar-refractivity contribution in [3.63, 3.8) is 0 Å². The largest absolute Gasteiger partial charge is 0.492 e. The predicted octanol–water partition coefficient (Wildman–Crippen LogP) is 12.3. The van der Waals surface area contributed by atoms with Crippen molar-refractivity contribution in [1.82, 2.24) is 0 Å².